The summed E-state index contributed by atoms with van der Waals surface area (Å²) in [5, 5.41) is 6.25. The van der Waals surface area contributed by atoms with Crippen LogP contribution in [0, 0.1) is 0 Å². The highest BCUT2D eigenvalue weighted by atomic mass is 35.5. The number of carbonyl (C=O) groups excluding carboxylic acids is 1. The smallest absolute Gasteiger partial charge is 0.269 e. The Morgan fingerprint density at radius 1 is 1.07 bits per heavy atom. The Bertz CT molecular complexity index is 1140. The molecule has 0 bridgehead atoms. The maximum absolute atomic E-state index is 12.8. The van der Waals surface area contributed by atoms with Gasteiger partial charge in [0.15, 0.2) is 10.7 Å². The van der Waals surface area contributed by atoms with Crippen LogP contribution in [0.3, 0.4) is 0 Å². The Hall–Kier alpha value is -2.63. The highest BCUT2D eigenvalue weighted by Crippen LogP contribution is 2.32. The molecule has 1 aromatic heterocycles. The summed E-state index contributed by atoms with van der Waals surface area (Å²) < 4.78 is 6.87. The van der Waals surface area contributed by atoms with E-state index in [0.717, 1.165) is 21.0 Å². The van der Waals surface area contributed by atoms with E-state index in [1.54, 1.807) is 38.1 Å². The summed E-state index contributed by atoms with van der Waals surface area (Å²) in [6.45, 7) is 3.44. The molecular formula is C21H17ClN2O2S. The molecule has 0 aliphatic rings. The van der Waals surface area contributed by atoms with Crippen molar-refractivity contribution in [1.29, 1.82) is 0 Å². The SMILES string of the molecule is CC(C)(Oc1ccc(Cl)cc1)C(=O)Nc1nc2c(ccc3ccccc32)s1. The van der Waals surface area contributed by atoms with E-state index in [1.165, 1.54) is 11.3 Å². The van der Waals surface area contributed by atoms with Gasteiger partial charge in [0.2, 0.25) is 0 Å². The zero-order valence-corrected chi connectivity index (χ0v) is 16.4. The predicted molar refractivity (Wildman–Crippen MR) is 112 cm³/mol. The molecule has 6 heteroatoms. The number of benzene rings is 3. The van der Waals surface area contributed by atoms with Gasteiger partial charge in [-0.05, 0) is 49.6 Å². The minimum absolute atomic E-state index is 0.263. The summed E-state index contributed by atoms with van der Waals surface area (Å²) in [5.41, 5.74) is -0.168. The fraction of sp³-hybridized carbons (Fsp3) is 0.143. The summed E-state index contributed by atoms with van der Waals surface area (Å²) in [4.78, 5) is 17.4. The molecule has 4 aromatic rings. The summed E-state index contributed by atoms with van der Waals surface area (Å²) in [5.74, 6) is 0.315. The van der Waals surface area contributed by atoms with Crippen molar-refractivity contribution in [2.45, 2.75) is 19.4 Å². The molecule has 3 aromatic carbocycles. The van der Waals surface area contributed by atoms with Gasteiger partial charge in [-0.3, -0.25) is 10.1 Å². The van der Waals surface area contributed by atoms with Crippen LogP contribution < -0.4 is 10.1 Å². The van der Waals surface area contributed by atoms with E-state index in [-0.39, 0.29) is 5.91 Å². The fourth-order valence-electron chi connectivity index (χ4n) is 2.81. The Labute approximate surface area is 165 Å². The average molecular weight is 397 g/mol. The van der Waals surface area contributed by atoms with Crippen LogP contribution in [-0.4, -0.2) is 16.5 Å². The Morgan fingerprint density at radius 2 is 1.81 bits per heavy atom. The van der Waals surface area contributed by atoms with Crippen LogP contribution in [0.1, 0.15) is 13.8 Å². The van der Waals surface area contributed by atoms with Gasteiger partial charge in [0.05, 0.1) is 10.2 Å². The summed E-state index contributed by atoms with van der Waals surface area (Å²) in [7, 11) is 0. The molecule has 136 valence electrons. The number of nitrogens with one attached hydrogen (secondary N) is 1. The summed E-state index contributed by atoms with van der Waals surface area (Å²) in [6.07, 6.45) is 0. The van der Waals surface area contributed by atoms with Gasteiger partial charge in [0.1, 0.15) is 5.75 Å². The number of anilines is 1. The lowest BCUT2D eigenvalue weighted by Gasteiger charge is -2.24. The van der Waals surface area contributed by atoms with Crippen LogP contribution in [0.15, 0.2) is 60.7 Å². The number of rotatable bonds is 4. The molecule has 27 heavy (non-hydrogen) atoms. The molecule has 0 aliphatic heterocycles. The Morgan fingerprint density at radius 3 is 2.59 bits per heavy atom. The van der Waals surface area contributed by atoms with Crippen molar-refractivity contribution in [3.63, 3.8) is 0 Å². The van der Waals surface area contributed by atoms with E-state index < -0.39 is 5.60 Å². The van der Waals surface area contributed by atoms with E-state index in [0.29, 0.717) is 15.9 Å². The van der Waals surface area contributed by atoms with Gasteiger partial charge in [-0.15, -0.1) is 0 Å². The molecule has 1 heterocycles. The molecule has 0 spiro atoms. The highest BCUT2D eigenvalue weighted by molar-refractivity contribution is 7.22. The quantitative estimate of drug-likeness (QED) is 0.467. The number of aromatic nitrogens is 1. The summed E-state index contributed by atoms with van der Waals surface area (Å²) >= 11 is 7.34. The lowest BCUT2D eigenvalue weighted by molar-refractivity contribution is -0.128. The van der Waals surface area contributed by atoms with Gasteiger partial charge >= 0.3 is 0 Å². The van der Waals surface area contributed by atoms with Crippen molar-refractivity contribution >= 4 is 55.0 Å². The standard InChI is InChI=1S/C21H17ClN2O2S/c1-21(2,26-15-10-8-14(22)9-11-15)19(25)24-20-23-18-16-6-4-3-5-13(16)7-12-17(18)27-20/h3-12H,1-2H3,(H,23,24,25). The number of nitrogens with zero attached hydrogens (tertiary/aromatic N) is 1. The molecule has 1 amide bonds. The molecule has 0 radical (unpaired) electrons. The largest absolute Gasteiger partial charge is 0.478 e. The van der Waals surface area contributed by atoms with Crippen LogP contribution in [0.25, 0.3) is 21.0 Å². The van der Waals surface area contributed by atoms with Gasteiger partial charge in [0.25, 0.3) is 5.91 Å². The van der Waals surface area contributed by atoms with E-state index >= 15 is 0 Å². The first kappa shape index (κ1) is 17.8. The average Bonchev–Trinajstić information content (AvgIpc) is 3.06. The second kappa shape index (κ2) is 6.83. The number of hydrogen-bond acceptors (Lipinski definition) is 4. The molecule has 0 aliphatic carbocycles. The second-order valence-electron chi connectivity index (χ2n) is 6.67. The number of halogens is 1. The molecule has 4 nitrogen and oxygen atoms in total. The van der Waals surface area contributed by atoms with Crippen molar-refractivity contribution in [3.05, 3.63) is 65.7 Å². The molecule has 4 rings (SSSR count). The fourth-order valence-corrected chi connectivity index (χ4v) is 3.81. The first-order valence-electron chi connectivity index (χ1n) is 8.47. The van der Waals surface area contributed by atoms with Crippen molar-refractivity contribution in [2.75, 3.05) is 5.32 Å². The third-order valence-electron chi connectivity index (χ3n) is 4.24. The highest BCUT2D eigenvalue weighted by Gasteiger charge is 2.31. The van der Waals surface area contributed by atoms with Crippen LogP contribution in [0.4, 0.5) is 5.13 Å². The lowest BCUT2D eigenvalue weighted by atomic mass is 10.1. The van der Waals surface area contributed by atoms with Gasteiger partial charge in [0, 0.05) is 10.4 Å². The molecule has 0 saturated carbocycles. The maximum atomic E-state index is 12.8. The zero-order chi connectivity index (χ0) is 19.0. The van der Waals surface area contributed by atoms with E-state index in [2.05, 4.69) is 22.4 Å². The van der Waals surface area contributed by atoms with Crippen molar-refractivity contribution in [1.82, 2.24) is 4.98 Å². The van der Waals surface area contributed by atoms with Gasteiger partial charge in [-0.1, -0.05) is 53.3 Å². The first-order chi connectivity index (χ1) is 12.9. The van der Waals surface area contributed by atoms with E-state index in [1.807, 2.05) is 24.3 Å². The molecule has 0 fully saturated rings. The van der Waals surface area contributed by atoms with Gasteiger partial charge in [-0.25, -0.2) is 4.98 Å². The summed E-state index contributed by atoms with van der Waals surface area (Å²) in [6, 6.07) is 19.1. The van der Waals surface area contributed by atoms with Crippen LogP contribution in [-0.2, 0) is 4.79 Å². The van der Waals surface area contributed by atoms with Gasteiger partial charge < -0.3 is 4.74 Å². The lowest BCUT2D eigenvalue weighted by Crippen LogP contribution is -2.42. The first-order valence-corrected chi connectivity index (χ1v) is 9.66. The number of hydrogen-bond donors (Lipinski definition) is 1. The van der Waals surface area contributed by atoms with E-state index in [4.69, 9.17) is 16.3 Å². The van der Waals surface area contributed by atoms with Crippen LogP contribution in [0.2, 0.25) is 5.02 Å². The third-order valence-corrected chi connectivity index (χ3v) is 5.43. The predicted octanol–water partition coefficient (Wildman–Crippen LogP) is 5.90. The Kier molecular flexibility index (Phi) is 4.50. The maximum Gasteiger partial charge on any atom is 0.269 e. The number of carbonyl (C=O) groups is 1. The zero-order valence-electron chi connectivity index (χ0n) is 14.8. The van der Waals surface area contributed by atoms with Crippen molar-refractivity contribution in [2.24, 2.45) is 0 Å². The number of amides is 1. The Balaban J connectivity index is 1.58. The molecule has 0 saturated heterocycles. The molecule has 1 N–H and O–H groups in total. The normalized spacial score (nSPS) is 11.7. The molecule has 0 atom stereocenters. The minimum Gasteiger partial charge on any atom is -0.478 e. The number of thiazole rings is 1. The van der Waals surface area contributed by atoms with Gasteiger partial charge in [-0.2, -0.15) is 0 Å². The number of ether oxygens (including phenoxy) is 1. The monoisotopic (exact) mass is 396 g/mol. The third kappa shape index (κ3) is 3.61. The van der Waals surface area contributed by atoms with E-state index in [9.17, 15) is 4.79 Å². The van der Waals surface area contributed by atoms with Crippen LogP contribution >= 0.6 is 22.9 Å². The minimum atomic E-state index is -1.06. The topological polar surface area (TPSA) is 51.2 Å². The number of fused-ring (bicyclic) bond motifs is 3. The second-order valence-corrected chi connectivity index (χ2v) is 8.14. The molecular weight excluding hydrogens is 380 g/mol. The van der Waals surface area contributed by atoms with Crippen LogP contribution in [0.5, 0.6) is 5.75 Å². The molecule has 0 unspecified atom stereocenters. The van der Waals surface area contributed by atoms with Crippen molar-refractivity contribution < 1.29 is 9.53 Å². The van der Waals surface area contributed by atoms with Crippen molar-refractivity contribution in [3.8, 4) is 5.75 Å².